The summed E-state index contributed by atoms with van der Waals surface area (Å²) in [6.07, 6.45) is 3.40. The van der Waals surface area contributed by atoms with Crippen LogP contribution in [0.5, 0.6) is 0 Å². The number of hydrogen-bond donors (Lipinski definition) is 1. The van der Waals surface area contributed by atoms with Gasteiger partial charge in [-0.25, -0.2) is 0 Å². The van der Waals surface area contributed by atoms with Crippen molar-refractivity contribution in [2.75, 3.05) is 20.3 Å². The number of aromatic nitrogens is 1. The van der Waals surface area contributed by atoms with Crippen LogP contribution in [0.25, 0.3) is 10.9 Å². The molecule has 20 heavy (non-hydrogen) atoms. The highest BCUT2D eigenvalue weighted by molar-refractivity contribution is 6.35. The molecule has 0 aliphatic heterocycles. The van der Waals surface area contributed by atoms with Crippen molar-refractivity contribution in [2.45, 2.75) is 25.8 Å². The van der Waals surface area contributed by atoms with E-state index in [1.54, 1.807) is 7.11 Å². The molecule has 1 N–H and O–H groups in total. The number of para-hydroxylation sites is 1. The molecule has 0 spiro atoms. The van der Waals surface area contributed by atoms with Gasteiger partial charge in [0.05, 0.1) is 17.1 Å². The molecule has 0 bridgehead atoms. The Morgan fingerprint density at radius 1 is 1.35 bits per heavy atom. The van der Waals surface area contributed by atoms with Gasteiger partial charge in [-0.15, -0.1) is 0 Å². The highest BCUT2D eigenvalue weighted by atomic mass is 35.5. The zero-order chi connectivity index (χ0) is 13.9. The molecule has 1 aliphatic rings. The van der Waals surface area contributed by atoms with Crippen molar-refractivity contribution in [3.8, 4) is 0 Å². The average Bonchev–Trinajstić information content (AvgIpc) is 2.92. The Morgan fingerprint density at radius 3 is 3.10 bits per heavy atom. The van der Waals surface area contributed by atoms with E-state index in [1.165, 1.54) is 28.6 Å². The molecule has 1 aliphatic carbocycles. The predicted molar refractivity (Wildman–Crippen MR) is 82.4 cm³/mol. The fraction of sp³-hybridized carbons (Fsp3) is 0.438. The summed E-state index contributed by atoms with van der Waals surface area (Å²) >= 11 is 6.31. The lowest BCUT2D eigenvalue weighted by molar-refractivity contribution is 0.199. The zero-order valence-electron chi connectivity index (χ0n) is 11.7. The summed E-state index contributed by atoms with van der Waals surface area (Å²) in [7, 11) is 1.72. The van der Waals surface area contributed by atoms with Crippen LogP contribution < -0.4 is 5.32 Å². The van der Waals surface area contributed by atoms with Gasteiger partial charge in [0, 0.05) is 31.3 Å². The van der Waals surface area contributed by atoms with Gasteiger partial charge in [0.15, 0.2) is 0 Å². The summed E-state index contributed by atoms with van der Waals surface area (Å²) < 4.78 is 5.08. The van der Waals surface area contributed by atoms with Gasteiger partial charge < -0.3 is 10.1 Å². The summed E-state index contributed by atoms with van der Waals surface area (Å²) in [5, 5.41) is 5.38. The number of methoxy groups -OCH3 is 1. The maximum atomic E-state index is 6.31. The van der Waals surface area contributed by atoms with E-state index in [-0.39, 0.29) is 0 Å². The third-order valence-electron chi connectivity index (χ3n) is 3.90. The van der Waals surface area contributed by atoms with Gasteiger partial charge in [0.2, 0.25) is 0 Å². The van der Waals surface area contributed by atoms with Crippen molar-refractivity contribution < 1.29 is 4.74 Å². The second-order valence-corrected chi connectivity index (χ2v) is 5.58. The van der Waals surface area contributed by atoms with Crippen LogP contribution in [0.4, 0.5) is 0 Å². The van der Waals surface area contributed by atoms with E-state index in [2.05, 4.69) is 11.4 Å². The molecular formula is C16H19ClN2O. The van der Waals surface area contributed by atoms with E-state index in [0.29, 0.717) is 0 Å². The van der Waals surface area contributed by atoms with Gasteiger partial charge in [-0.1, -0.05) is 23.7 Å². The molecule has 1 aromatic heterocycles. The summed E-state index contributed by atoms with van der Waals surface area (Å²) in [6.45, 7) is 2.44. The Balaban J connectivity index is 2.01. The van der Waals surface area contributed by atoms with Gasteiger partial charge in [0.1, 0.15) is 0 Å². The molecule has 4 heteroatoms. The van der Waals surface area contributed by atoms with Crippen LogP contribution >= 0.6 is 11.6 Å². The van der Waals surface area contributed by atoms with Gasteiger partial charge >= 0.3 is 0 Å². The van der Waals surface area contributed by atoms with E-state index in [9.17, 15) is 0 Å². The molecule has 2 aromatic rings. The van der Waals surface area contributed by atoms with Crippen LogP contribution in [0.1, 0.15) is 23.2 Å². The summed E-state index contributed by atoms with van der Waals surface area (Å²) in [5.41, 5.74) is 4.96. The number of pyridine rings is 1. The van der Waals surface area contributed by atoms with Crippen LogP contribution in [0.3, 0.4) is 0 Å². The lowest BCUT2D eigenvalue weighted by atomic mass is 10.0. The van der Waals surface area contributed by atoms with Crippen LogP contribution in [-0.4, -0.2) is 25.2 Å². The Labute approximate surface area is 124 Å². The summed E-state index contributed by atoms with van der Waals surface area (Å²) in [6, 6.07) is 6.05. The highest BCUT2D eigenvalue weighted by Gasteiger charge is 2.19. The molecule has 0 fully saturated rings. The quantitative estimate of drug-likeness (QED) is 0.859. The Kier molecular flexibility index (Phi) is 4.20. The molecule has 3 rings (SSSR count). The van der Waals surface area contributed by atoms with Gasteiger partial charge in [-0.05, 0) is 36.5 Å². The van der Waals surface area contributed by atoms with E-state index >= 15 is 0 Å². The van der Waals surface area contributed by atoms with Crippen LogP contribution in [-0.2, 0) is 24.1 Å². The maximum Gasteiger partial charge on any atom is 0.0894 e. The Bertz CT molecular complexity index is 627. The number of halogens is 1. The molecule has 1 heterocycles. The highest BCUT2D eigenvalue weighted by Crippen LogP contribution is 2.32. The SMILES string of the molecule is COCCNCc1c2c(nc3c(Cl)cccc13)CCC2. The number of aryl methyl sites for hydroxylation is 1. The predicted octanol–water partition coefficient (Wildman–Crippen LogP) is 3.11. The van der Waals surface area contributed by atoms with Crippen LogP contribution in [0.15, 0.2) is 18.2 Å². The van der Waals surface area contributed by atoms with Gasteiger partial charge in [-0.2, -0.15) is 0 Å². The molecule has 0 amide bonds. The number of nitrogens with one attached hydrogen (secondary N) is 1. The lowest BCUT2D eigenvalue weighted by Crippen LogP contribution is -2.19. The first-order valence-corrected chi connectivity index (χ1v) is 7.47. The van der Waals surface area contributed by atoms with Crippen molar-refractivity contribution in [2.24, 2.45) is 0 Å². The number of nitrogens with zero attached hydrogens (tertiary/aromatic N) is 1. The number of fused-ring (bicyclic) bond motifs is 2. The van der Waals surface area contributed by atoms with Gasteiger partial charge in [-0.3, -0.25) is 4.98 Å². The zero-order valence-corrected chi connectivity index (χ0v) is 12.5. The molecule has 0 atom stereocenters. The first kappa shape index (κ1) is 13.8. The molecule has 106 valence electrons. The van der Waals surface area contributed by atoms with Crippen molar-refractivity contribution in [1.29, 1.82) is 0 Å². The van der Waals surface area contributed by atoms with Crippen molar-refractivity contribution in [3.63, 3.8) is 0 Å². The Hall–Kier alpha value is -1.16. The molecule has 0 unspecified atom stereocenters. The van der Waals surface area contributed by atoms with Crippen LogP contribution in [0, 0.1) is 0 Å². The first-order chi connectivity index (χ1) is 9.81. The average molecular weight is 291 g/mol. The first-order valence-electron chi connectivity index (χ1n) is 7.09. The summed E-state index contributed by atoms with van der Waals surface area (Å²) in [5.74, 6) is 0. The Morgan fingerprint density at radius 2 is 2.25 bits per heavy atom. The van der Waals surface area contributed by atoms with E-state index < -0.39 is 0 Å². The van der Waals surface area contributed by atoms with E-state index in [1.807, 2.05) is 12.1 Å². The number of ether oxygens (including phenoxy) is 1. The molecule has 0 radical (unpaired) electrons. The number of hydrogen-bond acceptors (Lipinski definition) is 3. The summed E-state index contributed by atoms with van der Waals surface area (Å²) in [4.78, 5) is 4.78. The molecular weight excluding hydrogens is 272 g/mol. The lowest BCUT2D eigenvalue weighted by Gasteiger charge is -2.14. The minimum absolute atomic E-state index is 0.728. The standard InChI is InChI=1S/C16H19ClN2O/c1-20-9-8-18-10-13-11-4-3-7-15(11)19-16-12(13)5-2-6-14(16)17/h2,5-6,18H,3-4,7-10H2,1H3. The third kappa shape index (κ3) is 2.53. The fourth-order valence-electron chi connectivity index (χ4n) is 2.94. The third-order valence-corrected chi connectivity index (χ3v) is 4.20. The smallest absolute Gasteiger partial charge is 0.0894 e. The van der Waals surface area contributed by atoms with Crippen molar-refractivity contribution in [1.82, 2.24) is 10.3 Å². The number of benzene rings is 1. The normalized spacial score (nSPS) is 13.9. The van der Waals surface area contributed by atoms with E-state index in [0.717, 1.165) is 43.1 Å². The minimum Gasteiger partial charge on any atom is -0.383 e. The molecule has 0 saturated carbocycles. The van der Waals surface area contributed by atoms with Crippen LogP contribution in [0.2, 0.25) is 5.02 Å². The largest absolute Gasteiger partial charge is 0.383 e. The fourth-order valence-corrected chi connectivity index (χ4v) is 3.15. The number of rotatable bonds is 5. The van der Waals surface area contributed by atoms with E-state index in [4.69, 9.17) is 21.3 Å². The van der Waals surface area contributed by atoms with Crippen molar-refractivity contribution in [3.05, 3.63) is 40.0 Å². The molecule has 0 saturated heterocycles. The topological polar surface area (TPSA) is 34.1 Å². The van der Waals surface area contributed by atoms with Crippen molar-refractivity contribution >= 4 is 22.5 Å². The second kappa shape index (κ2) is 6.08. The maximum absolute atomic E-state index is 6.31. The molecule has 3 nitrogen and oxygen atoms in total. The van der Waals surface area contributed by atoms with Gasteiger partial charge in [0.25, 0.3) is 0 Å². The monoisotopic (exact) mass is 290 g/mol. The second-order valence-electron chi connectivity index (χ2n) is 5.17. The minimum atomic E-state index is 0.728. The molecule has 1 aromatic carbocycles.